The maximum Gasteiger partial charge on any atom is 0.251 e. The first kappa shape index (κ1) is 22.1. The lowest BCUT2D eigenvalue weighted by molar-refractivity contribution is -0.116. The van der Waals surface area contributed by atoms with E-state index in [0.717, 1.165) is 14.3 Å². The summed E-state index contributed by atoms with van der Waals surface area (Å²) in [5.41, 5.74) is 1.66. The summed E-state index contributed by atoms with van der Waals surface area (Å²) in [6.45, 7) is 1.94. The topological polar surface area (TPSA) is 95.6 Å². The Labute approximate surface area is 173 Å². The molecule has 2 aromatic carbocycles. The van der Waals surface area contributed by atoms with E-state index in [0.29, 0.717) is 11.3 Å². The number of sulfonamides is 1. The van der Waals surface area contributed by atoms with Crippen molar-refractivity contribution in [2.75, 3.05) is 26.0 Å². The summed E-state index contributed by atoms with van der Waals surface area (Å²) in [6, 6.07) is 11.5. The maximum atomic E-state index is 12.2. The molecule has 0 aromatic heterocycles. The number of halogens is 1. The van der Waals surface area contributed by atoms with Gasteiger partial charge in [0.1, 0.15) is 0 Å². The average Bonchev–Trinajstić information content (AvgIpc) is 2.63. The third kappa shape index (κ3) is 5.63. The fourth-order valence-corrected chi connectivity index (χ4v) is 3.51. The third-order valence-corrected chi connectivity index (χ3v) is 6.35. The van der Waals surface area contributed by atoms with E-state index in [4.69, 9.17) is 0 Å². The van der Waals surface area contributed by atoms with Gasteiger partial charge in [-0.15, -0.1) is 0 Å². The molecule has 0 atom stereocenters. The minimum atomic E-state index is -3.59. The number of hydrogen-bond donors (Lipinski definition) is 2. The molecule has 0 aliphatic carbocycles. The van der Waals surface area contributed by atoms with Crippen LogP contribution in [-0.2, 0) is 14.8 Å². The Kier molecular flexibility index (Phi) is 7.34. The van der Waals surface area contributed by atoms with Crippen LogP contribution in [0.3, 0.4) is 0 Å². The van der Waals surface area contributed by atoms with E-state index in [1.165, 1.54) is 26.2 Å². The van der Waals surface area contributed by atoms with E-state index in [1.54, 1.807) is 37.3 Å². The van der Waals surface area contributed by atoms with Crippen molar-refractivity contribution in [3.63, 3.8) is 0 Å². The molecule has 2 N–H and O–H groups in total. The van der Waals surface area contributed by atoms with Crippen molar-refractivity contribution in [1.82, 2.24) is 9.62 Å². The van der Waals surface area contributed by atoms with Gasteiger partial charge < -0.3 is 10.6 Å². The molecule has 7 nitrogen and oxygen atoms in total. The Bertz CT molecular complexity index is 973. The lowest BCUT2D eigenvalue weighted by Gasteiger charge is -2.14. The summed E-state index contributed by atoms with van der Waals surface area (Å²) in [7, 11) is -0.700. The van der Waals surface area contributed by atoms with Crippen LogP contribution in [-0.4, -0.2) is 45.2 Å². The highest BCUT2D eigenvalue weighted by Crippen LogP contribution is 2.22. The normalized spacial score (nSPS) is 11.3. The van der Waals surface area contributed by atoms with Gasteiger partial charge in [-0.1, -0.05) is 22.0 Å². The number of aryl methyl sites for hydroxylation is 1. The van der Waals surface area contributed by atoms with E-state index in [9.17, 15) is 18.0 Å². The maximum absolute atomic E-state index is 12.2. The number of nitrogens with one attached hydrogen (secondary N) is 2. The number of amides is 2. The molecule has 0 saturated carbocycles. The first-order valence-electron chi connectivity index (χ1n) is 8.48. The van der Waals surface area contributed by atoms with Gasteiger partial charge in [0.2, 0.25) is 15.9 Å². The molecule has 0 bridgehead atoms. The first-order valence-corrected chi connectivity index (χ1v) is 10.7. The quantitative estimate of drug-likeness (QED) is 0.654. The van der Waals surface area contributed by atoms with Crippen molar-refractivity contribution >= 4 is 43.5 Å². The molecular weight excluding hydrogens is 446 g/mol. The minimum absolute atomic E-state index is 0.0619. The summed E-state index contributed by atoms with van der Waals surface area (Å²) in [6.07, 6.45) is 0.0619. The SMILES string of the molecule is Cc1ccc(S(=O)(=O)N(C)C)cc1NC(=O)CCNC(=O)c1ccc(Br)cc1. The molecule has 28 heavy (non-hydrogen) atoms. The van der Waals surface area contributed by atoms with Crippen LogP contribution in [0.25, 0.3) is 0 Å². The summed E-state index contributed by atoms with van der Waals surface area (Å²) in [4.78, 5) is 24.3. The van der Waals surface area contributed by atoms with Crippen LogP contribution in [0, 0.1) is 6.92 Å². The number of anilines is 1. The van der Waals surface area contributed by atoms with Crippen LogP contribution >= 0.6 is 15.9 Å². The predicted molar refractivity (Wildman–Crippen MR) is 112 cm³/mol. The zero-order chi connectivity index (χ0) is 20.9. The van der Waals surface area contributed by atoms with Gasteiger partial charge in [0.15, 0.2) is 0 Å². The molecule has 2 rings (SSSR count). The van der Waals surface area contributed by atoms with E-state index in [2.05, 4.69) is 26.6 Å². The predicted octanol–water partition coefficient (Wildman–Crippen LogP) is 2.77. The summed E-state index contributed by atoms with van der Waals surface area (Å²) >= 11 is 3.30. The van der Waals surface area contributed by atoms with Crippen LogP contribution in [0.15, 0.2) is 51.8 Å². The molecule has 0 aliphatic rings. The zero-order valence-electron chi connectivity index (χ0n) is 15.8. The molecule has 0 fully saturated rings. The van der Waals surface area contributed by atoms with Crippen molar-refractivity contribution in [1.29, 1.82) is 0 Å². The molecule has 0 radical (unpaired) electrons. The zero-order valence-corrected chi connectivity index (χ0v) is 18.2. The van der Waals surface area contributed by atoms with Crippen molar-refractivity contribution in [2.24, 2.45) is 0 Å². The number of hydrogen-bond acceptors (Lipinski definition) is 4. The van der Waals surface area contributed by atoms with Gasteiger partial charge in [-0.05, 0) is 48.9 Å². The highest BCUT2D eigenvalue weighted by Gasteiger charge is 2.18. The number of benzene rings is 2. The fourth-order valence-electron chi connectivity index (χ4n) is 2.31. The second kappa shape index (κ2) is 9.31. The molecular formula is C19H22BrN3O4S. The molecule has 0 spiro atoms. The molecule has 2 aromatic rings. The van der Waals surface area contributed by atoms with Crippen molar-refractivity contribution in [3.8, 4) is 0 Å². The fraction of sp³-hybridized carbons (Fsp3) is 0.263. The molecule has 150 valence electrons. The molecule has 2 amide bonds. The van der Waals surface area contributed by atoms with Crippen molar-refractivity contribution in [3.05, 3.63) is 58.1 Å². The van der Waals surface area contributed by atoms with E-state index < -0.39 is 10.0 Å². The van der Waals surface area contributed by atoms with Gasteiger partial charge in [0, 0.05) is 42.8 Å². The highest BCUT2D eigenvalue weighted by molar-refractivity contribution is 9.10. The van der Waals surface area contributed by atoms with Crippen LogP contribution in [0.2, 0.25) is 0 Å². The standard InChI is InChI=1S/C19H22BrN3O4S/c1-13-4-9-16(28(26,27)23(2)3)12-17(13)22-18(24)10-11-21-19(25)14-5-7-15(20)8-6-14/h4-9,12H,10-11H2,1-3H3,(H,21,25)(H,22,24). The molecule has 0 saturated heterocycles. The highest BCUT2D eigenvalue weighted by atomic mass is 79.9. The van der Waals surface area contributed by atoms with Gasteiger partial charge in [-0.2, -0.15) is 0 Å². The van der Waals surface area contributed by atoms with Gasteiger partial charge in [-0.3, -0.25) is 9.59 Å². The summed E-state index contributed by atoms with van der Waals surface area (Å²) < 4.78 is 26.5. The number of carbonyl (C=O) groups is 2. The lowest BCUT2D eigenvalue weighted by atomic mass is 10.2. The Balaban J connectivity index is 1.96. The van der Waals surface area contributed by atoms with E-state index in [-0.39, 0.29) is 29.7 Å². The largest absolute Gasteiger partial charge is 0.352 e. The lowest BCUT2D eigenvalue weighted by Crippen LogP contribution is -2.27. The van der Waals surface area contributed by atoms with E-state index >= 15 is 0 Å². The van der Waals surface area contributed by atoms with Crippen LogP contribution in [0.5, 0.6) is 0 Å². The van der Waals surface area contributed by atoms with Gasteiger partial charge >= 0.3 is 0 Å². The van der Waals surface area contributed by atoms with Crippen LogP contribution in [0.4, 0.5) is 5.69 Å². The van der Waals surface area contributed by atoms with Crippen molar-refractivity contribution < 1.29 is 18.0 Å². The number of carbonyl (C=O) groups excluding carboxylic acids is 2. The third-order valence-electron chi connectivity index (χ3n) is 4.01. The Morgan fingerprint density at radius 2 is 1.71 bits per heavy atom. The average molecular weight is 468 g/mol. The summed E-state index contributed by atoms with van der Waals surface area (Å²) in [5.74, 6) is -0.589. The van der Waals surface area contributed by atoms with Gasteiger partial charge in [0.05, 0.1) is 4.90 Å². The van der Waals surface area contributed by atoms with Gasteiger partial charge in [-0.25, -0.2) is 12.7 Å². The van der Waals surface area contributed by atoms with Crippen LogP contribution < -0.4 is 10.6 Å². The van der Waals surface area contributed by atoms with Gasteiger partial charge in [0.25, 0.3) is 5.91 Å². The Morgan fingerprint density at radius 3 is 2.32 bits per heavy atom. The number of rotatable bonds is 7. The van der Waals surface area contributed by atoms with E-state index in [1.807, 2.05) is 0 Å². The molecule has 0 heterocycles. The smallest absolute Gasteiger partial charge is 0.251 e. The Morgan fingerprint density at radius 1 is 1.07 bits per heavy atom. The molecule has 0 aliphatic heterocycles. The van der Waals surface area contributed by atoms with Crippen LogP contribution in [0.1, 0.15) is 22.3 Å². The minimum Gasteiger partial charge on any atom is -0.352 e. The molecule has 9 heteroatoms. The van der Waals surface area contributed by atoms with Crippen molar-refractivity contribution in [2.45, 2.75) is 18.2 Å². The second-order valence-electron chi connectivity index (χ2n) is 6.33. The summed E-state index contributed by atoms with van der Waals surface area (Å²) in [5, 5.41) is 5.39. The molecule has 0 unspecified atom stereocenters. The number of nitrogens with zero attached hydrogens (tertiary/aromatic N) is 1. The first-order chi connectivity index (χ1) is 13.1. The Hall–Kier alpha value is -2.23. The second-order valence-corrected chi connectivity index (χ2v) is 9.39. The monoisotopic (exact) mass is 467 g/mol.